The van der Waals surface area contributed by atoms with E-state index < -0.39 is 17.4 Å². The summed E-state index contributed by atoms with van der Waals surface area (Å²) < 4.78 is 20.0. The van der Waals surface area contributed by atoms with E-state index in [0.717, 1.165) is 88.7 Å². The number of Topliss-reactive ketones (excluding diaryl/α,β-unsaturated/α-hetero) is 1. The molecular weight excluding hydrogens is 692 g/mol. The molecule has 0 heterocycles. The van der Waals surface area contributed by atoms with Gasteiger partial charge in [0.1, 0.15) is 11.9 Å². The number of carbonyl (C=O) groups excluding carboxylic acids is 2. The highest BCUT2D eigenvalue weighted by atomic mass is 19.1. The van der Waals surface area contributed by atoms with Crippen molar-refractivity contribution in [3.63, 3.8) is 0 Å². The van der Waals surface area contributed by atoms with Gasteiger partial charge in [-0.25, -0.2) is 4.39 Å². The molecule has 1 aromatic rings. The third-order valence-electron chi connectivity index (χ3n) is 16.2. The van der Waals surface area contributed by atoms with Crippen molar-refractivity contribution in [3.8, 4) is 0 Å². The van der Waals surface area contributed by atoms with E-state index in [1.165, 1.54) is 12.0 Å². The minimum atomic E-state index is -1.15. The summed E-state index contributed by atoms with van der Waals surface area (Å²) in [6, 6.07) is 6.92. The van der Waals surface area contributed by atoms with E-state index in [2.05, 4.69) is 65.4 Å². The molecule has 0 radical (unpaired) electrons. The Balaban J connectivity index is 1.23. The highest BCUT2D eigenvalue weighted by Crippen LogP contribution is 2.73. The Morgan fingerprint density at radius 3 is 2.20 bits per heavy atom. The second-order valence-corrected chi connectivity index (χ2v) is 21.0. The Bertz CT molecular complexity index is 1650. The Hall–Kier alpha value is -2.58. The zero-order valence-electron chi connectivity index (χ0n) is 35.7. The number of ether oxygens (including phenoxy) is 1. The topological polar surface area (TPSA) is 87.2 Å². The van der Waals surface area contributed by atoms with E-state index in [1.807, 2.05) is 12.1 Å². The molecule has 8 heteroatoms. The monoisotopic (exact) mass is 763 g/mol. The van der Waals surface area contributed by atoms with Crippen LogP contribution in [0.1, 0.15) is 132 Å². The van der Waals surface area contributed by atoms with Gasteiger partial charge in [0.25, 0.3) is 0 Å². The molecule has 306 valence electrons. The normalized spacial score (nSPS) is 34.4. The number of ketones is 1. The fraction of sp³-hybridized carbons (Fsp3) is 0.766. The van der Waals surface area contributed by atoms with Crippen molar-refractivity contribution in [1.82, 2.24) is 9.80 Å². The van der Waals surface area contributed by atoms with E-state index in [0.29, 0.717) is 35.9 Å². The van der Waals surface area contributed by atoms with Crippen LogP contribution in [0.3, 0.4) is 0 Å². The number of allylic oxidation sites excluding steroid dienone is 2. The van der Waals surface area contributed by atoms with Gasteiger partial charge >= 0.3 is 11.9 Å². The van der Waals surface area contributed by atoms with Crippen LogP contribution in [0.15, 0.2) is 35.4 Å². The van der Waals surface area contributed by atoms with Crippen LogP contribution in [0.2, 0.25) is 0 Å². The van der Waals surface area contributed by atoms with Crippen LogP contribution in [0.4, 0.5) is 4.39 Å². The molecule has 5 aliphatic carbocycles. The number of hydrogen-bond donors (Lipinski definition) is 1. The van der Waals surface area contributed by atoms with Crippen LogP contribution in [0, 0.1) is 62.5 Å². The Morgan fingerprint density at radius 1 is 0.909 bits per heavy atom. The lowest BCUT2D eigenvalue weighted by atomic mass is 9.37. The summed E-state index contributed by atoms with van der Waals surface area (Å²) in [5.74, 6) is 0.998. The fourth-order valence-electron chi connectivity index (χ4n) is 13.2. The third kappa shape index (κ3) is 7.74. The number of esters is 1. The van der Waals surface area contributed by atoms with Crippen LogP contribution in [0.25, 0.3) is 0 Å². The molecule has 4 fully saturated rings. The van der Waals surface area contributed by atoms with Gasteiger partial charge in [-0.3, -0.25) is 19.3 Å². The van der Waals surface area contributed by atoms with Crippen molar-refractivity contribution in [2.24, 2.45) is 56.7 Å². The summed E-state index contributed by atoms with van der Waals surface area (Å²) in [6.07, 6.45) is 9.90. The third-order valence-corrected chi connectivity index (χ3v) is 16.2. The number of rotatable bonds is 13. The Kier molecular flexibility index (Phi) is 11.7. The van der Waals surface area contributed by atoms with Gasteiger partial charge in [-0.15, -0.1) is 0 Å². The van der Waals surface area contributed by atoms with Crippen LogP contribution >= 0.6 is 0 Å². The summed E-state index contributed by atoms with van der Waals surface area (Å²) in [4.78, 5) is 43.8. The zero-order chi connectivity index (χ0) is 40.3. The van der Waals surface area contributed by atoms with Gasteiger partial charge in [0.05, 0.1) is 11.8 Å². The summed E-state index contributed by atoms with van der Waals surface area (Å²) in [5, 5.41) is 9.62. The Labute approximate surface area is 331 Å². The minimum Gasteiger partial charge on any atom is -0.481 e. The van der Waals surface area contributed by atoms with Crippen molar-refractivity contribution in [2.75, 3.05) is 33.7 Å². The number of carboxylic acid groups (broad SMARTS) is 1. The summed E-state index contributed by atoms with van der Waals surface area (Å²) in [5.41, 5.74) is 2.60. The molecule has 0 saturated heterocycles. The van der Waals surface area contributed by atoms with E-state index in [9.17, 15) is 23.9 Å². The average Bonchev–Trinajstić information content (AvgIpc) is 3.40. The zero-order valence-corrected chi connectivity index (χ0v) is 35.7. The maximum absolute atomic E-state index is 14.2. The fourth-order valence-corrected chi connectivity index (χ4v) is 13.2. The number of halogens is 1. The van der Waals surface area contributed by atoms with Gasteiger partial charge in [0.15, 0.2) is 5.78 Å². The quantitative estimate of drug-likeness (QED) is 0.200. The first-order valence-corrected chi connectivity index (χ1v) is 21.5. The molecule has 1 aromatic carbocycles. The lowest BCUT2D eigenvalue weighted by Gasteiger charge is -2.68. The molecule has 0 spiro atoms. The summed E-state index contributed by atoms with van der Waals surface area (Å²) >= 11 is 0. The molecule has 2 unspecified atom stereocenters. The lowest BCUT2D eigenvalue weighted by Crippen LogP contribution is -2.62. The largest absolute Gasteiger partial charge is 0.481 e. The van der Waals surface area contributed by atoms with Gasteiger partial charge in [-0.1, -0.05) is 59.2 Å². The number of carboxylic acids is 1. The number of aliphatic carboxylic acids is 1. The van der Waals surface area contributed by atoms with Gasteiger partial charge < -0.3 is 14.7 Å². The van der Waals surface area contributed by atoms with Gasteiger partial charge in [0, 0.05) is 36.9 Å². The summed E-state index contributed by atoms with van der Waals surface area (Å²) in [6.45, 7) is 20.9. The standard InChI is InChI=1S/C47H71FN2O5/c1-30(2)40-36(51)27-47(23-24-50(26-25-49(9)10)29-31-11-13-32(48)14-12-31)22-21-45(7)33-17-18-37-44(5,6)38(55-39(52)28-43(3,4)42(53)54)19-20-46(37,8)34(33)15-16-35(45)41(40)47/h11-14,30,33-35,37-38H,15-29H2,1-10H3,(H,53,54)/t33-,34?,35-,37?,38+,45+,46-,47-/m1/s1. The first-order valence-electron chi connectivity index (χ1n) is 21.5. The maximum atomic E-state index is 14.2. The molecule has 4 saturated carbocycles. The second kappa shape index (κ2) is 15.3. The molecule has 55 heavy (non-hydrogen) atoms. The van der Waals surface area contributed by atoms with Crippen LogP contribution < -0.4 is 0 Å². The van der Waals surface area contributed by atoms with Crippen molar-refractivity contribution in [1.29, 1.82) is 0 Å². The molecule has 7 nitrogen and oxygen atoms in total. The highest BCUT2D eigenvalue weighted by molar-refractivity contribution is 6.00. The van der Waals surface area contributed by atoms with Crippen molar-refractivity contribution in [2.45, 2.75) is 139 Å². The first-order chi connectivity index (χ1) is 25.6. The molecule has 1 N–H and O–H groups in total. The molecular formula is C47H71FN2O5. The average molecular weight is 763 g/mol. The van der Waals surface area contributed by atoms with Gasteiger partial charge in [0.2, 0.25) is 0 Å². The minimum absolute atomic E-state index is 0.0902. The predicted molar refractivity (Wildman–Crippen MR) is 216 cm³/mol. The SMILES string of the molecule is CC(C)C1=C2[C@H]3CCC4[C@@H](CCC5C(C)(C)[C@@H](OC(=O)CC(C)(C)C(=O)O)CC[C@]45C)[C@]3(C)CC[C@@]2(CCN(CCN(C)C)Cc2ccc(F)cc2)CC1=O. The van der Waals surface area contributed by atoms with E-state index >= 15 is 0 Å². The second-order valence-electron chi connectivity index (χ2n) is 21.0. The van der Waals surface area contributed by atoms with Crippen LogP contribution in [-0.4, -0.2) is 72.5 Å². The number of carbonyl (C=O) groups is 3. The molecule has 0 aromatic heterocycles. The van der Waals surface area contributed by atoms with Gasteiger partial charge in [-0.05, 0) is 156 Å². The van der Waals surface area contributed by atoms with E-state index in [4.69, 9.17) is 4.74 Å². The number of hydrogen-bond acceptors (Lipinski definition) is 6. The number of benzene rings is 1. The summed E-state index contributed by atoms with van der Waals surface area (Å²) in [7, 11) is 4.22. The maximum Gasteiger partial charge on any atom is 0.309 e. The highest BCUT2D eigenvalue weighted by Gasteiger charge is 2.66. The smallest absolute Gasteiger partial charge is 0.309 e. The number of nitrogens with zero attached hydrogens (tertiary/aromatic N) is 2. The van der Waals surface area contributed by atoms with E-state index in [-0.39, 0.29) is 45.9 Å². The molecule has 5 aliphatic rings. The van der Waals surface area contributed by atoms with Gasteiger partial charge in [-0.2, -0.15) is 0 Å². The number of fused-ring (bicyclic) bond motifs is 7. The van der Waals surface area contributed by atoms with Crippen molar-refractivity contribution < 1.29 is 28.6 Å². The Morgan fingerprint density at radius 2 is 1.56 bits per heavy atom. The molecule has 0 bridgehead atoms. The first kappa shape index (κ1) is 42.0. The molecule has 0 amide bonds. The number of likely N-dealkylation sites (N-methyl/N-ethyl adjacent to an activating group) is 1. The van der Waals surface area contributed by atoms with Crippen LogP contribution in [0.5, 0.6) is 0 Å². The molecule has 0 aliphatic heterocycles. The molecule has 8 atom stereocenters. The predicted octanol–water partition coefficient (Wildman–Crippen LogP) is 9.58. The van der Waals surface area contributed by atoms with Crippen LogP contribution in [-0.2, 0) is 25.7 Å². The van der Waals surface area contributed by atoms with Crippen molar-refractivity contribution in [3.05, 3.63) is 46.8 Å². The molecule has 6 rings (SSSR count). The van der Waals surface area contributed by atoms with Crippen molar-refractivity contribution >= 4 is 17.7 Å². The van der Waals surface area contributed by atoms with E-state index in [1.54, 1.807) is 26.0 Å². The lowest BCUT2D eigenvalue weighted by molar-refractivity contribution is -0.204.